The third kappa shape index (κ3) is 7.33. The number of piperazine rings is 1. The minimum atomic E-state index is -2.72. The average molecular weight is 631 g/mol. The average Bonchev–Trinajstić information content (AvgIpc) is 3.03. The highest BCUT2D eigenvalue weighted by Gasteiger charge is 2.35. The van der Waals surface area contributed by atoms with Crippen LogP contribution in [0.2, 0.25) is 0 Å². The van der Waals surface area contributed by atoms with Gasteiger partial charge in [0, 0.05) is 54.3 Å². The van der Waals surface area contributed by atoms with Gasteiger partial charge in [-0.3, -0.25) is 13.8 Å². The molecule has 0 spiro atoms. The number of hydrogen-bond acceptors (Lipinski definition) is 8. The van der Waals surface area contributed by atoms with Crippen LogP contribution >= 0.6 is 0 Å². The molecule has 1 aliphatic heterocycles. The minimum Gasteiger partial charge on any atom is -0.759 e. The molecule has 0 aliphatic carbocycles. The third-order valence-corrected chi connectivity index (χ3v) is 8.22. The fraction of sp³-hybridized carbons (Fsp3) is 0.281. The molecule has 2 unspecified atom stereocenters. The van der Waals surface area contributed by atoms with E-state index in [-0.39, 0.29) is 12.0 Å². The molecule has 1 aromatic heterocycles. The molecule has 2 N–H and O–H groups in total. The second kappa shape index (κ2) is 13.9. The van der Waals surface area contributed by atoms with Crippen molar-refractivity contribution >= 4 is 33.8 Å². The van der Waals surface area contributed by atoms with E-state index in [0.29, 0.717) is 37.3 Å². The molecule has 4 aromatic rings. The molecule has 1 fully saturated rings. The van der Waals surface area contributed by atoms with Crippen LogP contribution in [0.5, 0.6) is 0 Å². The number of benzene rings is 3. The number of aromatic nitrogens is 2. The van der Waals surface area contributed by atoms with Crippen LogP contribution in [0.4, 0.5) is 5.69 Å². The maximum absolute atomic E-state index is 13.1. The standard InChI is InChI=1S/C32H33N5O7S/c1-22(2)29(31(39)40)37(45(42)43)35-18-16-34(17-19-35)26-13-10-23(11-14-26)8-9-24-12-15-28-27(20-24)30(38)36(32(41)33-28)44-21-25-6-4-3-5-7-25/h3-7,10-15,20,22,29H,16-19,21H2,1-2H3,(H,33,41)(H,39,40)(H,42,43)/p-1. The van der Waals surface area contributed by atoms with Crippen molar-refractivity contribution in [2.75, 3.05) is 31.1 Å². The van der Waals surface area contributed by atoms with Gasteiger partial charge >= 0.3 is 11.7 Å². The van der Waals surface area contributed by atoms with Gasteiger partial charge in [0.2, 0.25) is 0 Å². The van der Waals surface area contributed by atoms with Gasteiger partial charge in [-0.2, -0.15) is 4.41 Å². The van der Waals surface area contributed by atoms with Crippen LogP contribution in [0.1, 0.15) is 30.5 Å². The van der Waals surface area contributed by atoms with Crippen molar-refractivity contribution in [1.82, 2.24) is 19.1 Å². The fourth-order valence-corrected chi connectivity index (χ4v) is 6.03. The first-order valence-corrected chi connectivity index (χ1v) is 15.3. The van der Waals surface area contributed by atoms with Crippen molar-refractivity contribution in [2.24, 2.45) is 5.92 Å². The maximum atomic E-state index is 13.1. The predicted molar refractivity (Wildman–Crippen MR) is 169 cm³/mol. The van der Waals surface area contributed by atoms with E-state index in [4.69, 9.17) is 4.84 Å². The number of nitrogens with zero attached hydrogens (tertiary/aromatic N) is 4. The Morgan fingerprint density at radius 3 is 2.27 bits per heavy atom. The van der Waals surface area contributed by atoms with Crippen LogP contribution in [0, 0.1) is 17.8 Å². The normalized spacial score (nSPS) is 15.1. The molecule has 2 atom stereocenters. The number of anilines is 1. The molecule has 12 nitrogen and oxygen atoms in total. The lowest BCUT2D eigenvalue weighted by atomic mass is 10.1. The molecular weight excluding hydrogens is 598 g/mol. The lowest BCUT2D eigenvalue weighted by Gasteiger charge is -2.45. The number of hydrazine groups is 1. The first-order valence-electron chi connectivity index (χ1n) is 14.3. The number of aliphatic carboxylic acids is 1. The summed E-state index contributed by atoms with van der Waals surface area (Å²) in [5, 5.41) is 11.4. The Hall–Kier alpha value is -4.74. The fourth-order valence-electron chi connectivity index (χ4n) is 5.15. The van der Waals surface area contributed by atoms with Crippen molar-refractivity contribution in [3.8, 4) is 11.8 Å². The molecule has 0 radical (unpaired) electrons. The Bertz CT molecular complexity index is 1870. The van der Waals surface area contributed by atoms with E-state index in [0.717, 1.165) is 26.0 Å². The topological polar surface area (TPSA) is 151 Å². The summed E-state index contributed by atoms with van der Waals surface area (Å²) in [4.78, 5) is 47.6. The zero-order chi connectivity index (χ0) is 32.1. The van der Waals surface area contributed by atoms with Crippen molar-refractivity contribution in [3.05, 3.63) is 110 Å². The van der Waals surface area contributed by atoms with Gasteiger partial charge in [-0.05, 0) is 53.9 Å². The van der Waals surface area contributed by atoms with Crippen LogP contribution < -0.4 is 21.0 Å². The Labute approximate surface area is 261 Å². The lowest BCUT2D eigenvalue weighted by molar-refractivity contribution is -0.149. The SMILES string of the molecule is CC(C)C(C(=O)O)N(N1CCN(c2ccc(C#Cc3ccc4[nH]c(=O)n(OCc5ccccc5)c(=O)c4c3)cc2)CC1)S(=O)[O-]. The summed E-state index contributed by atoms with van der Waals surface area (Å²) in [7, 11) is 0. The first kappa shape index (κ1) is 31.7. The second-order valence-electron chi connectivity index (χ2n) is 10.8. The highest BCUT2D eigenvalue weighted by Crippen LogP contribution is 2.21. The van der Waals surface area contributed by atoms with E-state index in [9.17, 15) is 28.3 Å². The van der Waals surface area contributed by atoms with E-state index >= 15 is 0 Å². The number of carbonyl (C=O) groups is 1. The Morgan fingerprint density at radius 1 is 1.00 bits per heavy atom. The molecule has 5 rings (SSSR count). The van der Waals surface area contributed by atoms with Gasteiger partial charge in [-0.15, -0.1) is 0 Å². The number of fused-ring (bicyclic) bond motifs is 1. The molecular formula is C32H32N5O7S-. The molecule has 1 saturated heterocycles. The largest absolute Gasteiger partial charge is 0.759 e. The number of rotatable bonds is 9. The monoisotopic (exact) mass is 630 g/mol. The highest BCUT2D eigenvalue weighted by atomic mass is 32.2. The highest BCUT2D eigenvalue weighted by molar-refractivity contribution is 7.76. The van der Waals surface area contributed by atoms with Crippen LogP contribution in [0.3, 0.4) is 0 Å². The van der Waals surface area contributed by atoms with E-state index < -0.39 is 40.4 Å². The van der Waals surface area contributed by atoms with Gasteiger partial charge in [-0.25, -0.2) is 9.80 Å². The zero-order valence-corrected chi connectivity index (χ0v) is 25.5. The molecule has 3 aromatic carbocycles. The van der Waals surface area contributed by atoms with Crippen molar-refractivity contribution in [1.29, 1.82) is 0 Å². The summed E-state index contributed by atoms with van der Waals surface area (Å²) in [5.74, 6) is 4.58. The number of carboxylic acids is 1. The van der Waals surface area contributed by atoms with Crippen LogP contribution in [0.25, 0.3) is 10.9 Å². The third-order valence-electron chi connectivity index (χ3n) is 7.46. The summed E-state index contributed by atoms with van der Waals surface area (Å²) in [6, 6.07) is 20.6. The van der Waals surface area contributed by atoms with E-state index in [1.165, 1.54) is 0 Å². The van der Waals surface area contributed by atoms with Gasteiger partial charge in [-0.1, -0.05) is 60.8 Å². The molecule has 0 amide bonds. The molecule has 1 aliphatic rings. The Balaban J connectivity index is 1.26. The first-order chi connectivity index (χ1) is 21.6. The van der Waals surface area contributed by atoms with Gasteiger partial charge < -0.3 is 24.4 Å². The van der Waals surface area contributed by atoms with Crippen LogP contribution in [0.15, 0.2) is 82.4 Å². The van der Waals surface area contributed by atoms with Crippen molar-refractivity contribution < 1.29 is 23.5 Å². The molecule has 2 heterocycles. The smallest absolute Gasteiger partial charge is 0.362 e. The summed E-state index contributed by atoms with van der Waals surface area (Å²) in [6.07, 6.45) is 0. The number of hydrogen-bond donors (Lipinski definition) is 2. The molecule has 0 saturated carbocycles. The van der Waals surface area contributed by atoms with E-state index in [1.54, 1.807) is 37.1 Å². The van der Waals surface area contributed by atoms with Gasteiger partial charge in [0.05, 0.1) is 10.9 Å². The Kier molecular flexibility index (Phi) is 9.80. The Morgan fingerprint density at radius 2 is 1.64 bits per heavy atom. The maximum Gasteiger partial charge on any atom is 0.362 e. The van der Waals surface area contributed by atoms with Crippen molar-refractivity contribution in [2.45, 2.75) is 26.5 Å². The van der Waals surface area contributed by atoms with E-state index in [1.807, 2.05) is 54.6 Å². The van der Waals surface area contributed by atoms with Gasteiger partial charge in [0.25, 0.3) is 5.56 Å². The number of aromatic amines is 1. The predicted octanol–water partition coefficient (Wildman–Crippen LogP) is 1.96. The minimum absolute atomic E-state index is 0.0589. The summed E-state index contributed by atoms with van der Waals surface area (Å²) >= 11 is -2.72. The lowest BCUT2D eigenvalue weighted by Crippen LogP contribution is -2.60. The number of carboxylic acid groups (broad SMARTS) is 1. The quantitative estimate of drug-likeness (QED) is 0.209. The molecule has 13 heteroatoms. The molecule has 45 heavy (non-hydrogen) atoms. The zero-order valence-electron chi connectivity index (χ0n) is 24.7. The molecule has 234 valence electrons. The second-order valence-corrected chi connectivity index (χ2v) is 11.6. The van der Waals surface area contributed by atoms with Crippen LogP contribution in [-0.4, -0.2) is 71.2 Å². The van der Waals surface area contributed by atoms with Crippen molar-refractivity contribution in [3.63, 3.8) is 0 Å². The summed E-state index contributed by atoms with van der Waals surface area (Å²) in [5.41, 5.74) is 2.22. The molecule has 0 bridgehead atoms. The number of H-pyrrole nitrogens is 1. The summed E-state index contributed by atoms with van der Waals surface area (Å²) in [6.45, 7) is 5.13. The summed E-state index contributed by atoms with van der Waals surface area (Å²) < 4.78 is 25.6. The van der Waals surface area contributed by atoms with E-state index in [2.05, 4.69) is 21.7 Å². The van der Waals surface area contributed by atoms with Crippen LogP contribution in [-0.2, 0) is 22.7 Å². The number of nitrogens with one attached hydrogen (secondary N) is 1. The van der Waals surface area contributed by atoms with Gasteiger partial charge in [0.1, 0.15) is 12.6 Å². The van der Waals surface area contributed by atoms with Gasteiger partial charge in [0.15, 0.2) is 0 Å².